The fourth-order valence-corrected chi connectivity index (χ4v) is 9.68. The second-order valence-electron chi connectivity index (χ2n) is 13.0. The van der Waals surface area contributed by atoms with E-state index in [1.54, 1.807) is 0 Å². The molecule has 5 aliphatic rings. The van der Waals surface area contributed by atoms with Crippen molar-refractivity contribution in [3.05, 3.63) is 0 Å². The van der Waals surface area contributed by atoms with Crippen molar-refractivity contribution in [3.8, 4) is 0 Å². The highest BCUT2D eigenvalue weighted by molar-refractivity contribution is 5.24. The number of hydrogen-bond acceptors (Lipinski definition) is 2. The fourth-order valence-electron chi connectivity index (χ4n) is 9.68. The van der Waals surface area contributed by atoms with Crippen LogP contribution < -0.4 is 0 Å². The van der Waals surface area contributed by atoms with Crippen molar-refractivity contribution in [2.45, 2.75) is 123 Å². The van der Waals surface area contributed by atoms with Gasteiger partial charge in [-0.25, -0.2) is 0 Å². The molecule has 1 aliphatic heterocycles. The van der Waals surface area contributed by atoms with Crippen molar-refractivity contribution < 1.29 is 9.84 Å². The van der Waals surface area contributed by atoms with E-state index < -0.39 is 0 Å². The Morgan fingerprint density at radius 1 is 0.966 bits per heavy atom. The maximum absolute atomic E-state index is 10.4. The minimum atomic E-state index is -0.124. The van der Waals surface area contributed by atoms with Gasteiger partial charge in [-0.15, -0.1) is 0 Å². The van der Waals surface area contributed by atoms with Crippen LogP contribution in [0.5, 0.6) is 0 Å². The van der Waals surface area contributed by atoms with Gasteiger partial charge in [0, 0.05) is 11.8 Å². The van der Waals surface area contributed by atoms with Crippen LogP contribution in [0.2, 0.25) is 0 Å². The molecule has 1 heterocycles. The Balaban J connectivity index is 1.33. The van der Waals surface area contributed by atoms with Crippen LogP contribution in [0, 0.1) is 46.3 Å². The zero-order chi connectivity index (χ0) is 20.6. The van der Waals surface area contributed by atoms with Gasteiger partial charge in [-0.2, -0.15) is 0 Å². The van der Waals surface area contributed by atoms with E-state index in [1.165, 1.54) is 57.8 Å². The highest BCUT2D eigenvalue weighted by Gasteiger charge is 2.76. The average Bonchev–Trinajstić information content (AvgIpc) is 3.22. The van der Waals surface area contributed by atoms with E-state index in [2.05, 4.69) is 34.6 Å². The summed E-state index contributed by atoms with van der Waals surface area (Å²) in [4.78, 5) is 0. The van der Waals surface area contributed by atoms with E-state index in [1.807, 2.05) is 0 Å². The Morgan fingerprint density at radius 2 is 1.76 bits per heavy atom. The summed E-state index contributed by atoms with van der Waals surface area (Å²) in [5.74, 6) is 5.31. The van der Waals surface area contributed by atoms with Gasteiger partial charge in [0.05, 0.1) is 12.2 Å². The summed E-state index contributed by atoms with van der Waals surface area (Å²) in [7, 11) is 0. The SMILES string of the molecule is CC(C)CCC[C@@H](C)[C@H]1CC[C@H]2[C@@H]3CC4OC45C[C@@H](O)CC[C@]5(C)[C@H]3CC[C@]12C. The number of ether oxygens (including phenoxy) is 1. The van der Waals surface area contributed by atoms with Crippen LogP contribution >= 0.6 is 0 Å². The standard InChI is InChI=1S/C27H46O2/c1-17(2)7-6-8-18(3)21-9-10-22-20-15-24-27(29-24)16-19(28)11-14-26(27,5)23(20)12-13-25(21,22)4/h17-24,28H,6-16H2,1-5H3/t18-,19+,20+,21-,22+,23+,24?,25-,26-,27?/m1/s1. The van der Waals surface area contributed by atoms with E-state index in [0.717, 1.165) is 48.3 Å². The lowest BCUT2D eigenvalue weighted by Crippen LogP contribution is -2.58. The van der Waals surface area contributed by atoms with Gasteiger partial charge in [0.25, 0.3) is 0 Å². The number of epoxide rings is 1. The highest BCUT2D eigenvalue weighted by atomic mass is 16.6. The third-order valence-electron chi connectivity index (χ3n) is 11.3. The summed E-state index contributed by atoms with van der Waals surface area (Å²) in [6.45, 7) is 12.6. The molecule has 5 rings (SSSR count). The van der Waals surface area contributed by atoms with Gasteiger partial charge < -0.3 is 9.84 Å². The summed E-state index contributed by atoms with van der Waals surface area (Å²) in [5.41, 5.74) is 0.932. The van der Waals surface area contributed by atoms with Crippen molar-refractivity contribution in [2.75, 3.05) is 0 Å². The van der Waals surface area contributed by atoms with Gasteiger partial charge in [-0.1, -0.05) is 53.9 Å². The molecular weight excluding hydrogens is 356 g/mol. The zero-order valence-electron chi connectivity index (χ0n) is 19.8. The minimum absolute atomic E-state index is 0.0434. The first-order chi connectivity index (χ1) is 13.7. The molecule has 2 nitrogen and oxygen atoms in total. The molecule has 166 valence electrons. The molecule has 0 radical (unpaired) electrons. The van der Waals surface area contributed by atoms with Crippen molar-refractivity contribution in [3.63, 3.8) is 0 Å². The van der Waals surface area contributed by atoms with Crippen LogP contribution in [0.15, 0.2) is 0 Å². The molecule has 1 N–H and O–H groups in total. The lowest BCUT2D eigenvalue weighted by atomic mass is 9.44. The molecular formula is C27H46O2. The molecule has 5 fully saturated rings. The molecule has 29 heavy (non-hydrogen) atoms. The fraction of sp³-hybridized carbons (Fsp3) is 1.00. The first-order valence-electron chi connectivity index (χ1n) is 13.1. The summed E-state index contributed by atoms with van der Waals surface area (Å²) in [6.07, 6.45) is 14.8. The van der Waals surface area contributed by atoms with Crippen molar-refractivity contribution in [2.24, 2.45) is 46.3 Å². The molecule has 1 saturated heterocycles. The minimum Gasteiger partial charge on any atom is -0.393 e. The van der Waals surface area contributed by atoms with Gasteiger partial charge in [0.2, 0.25) is 0 Å². The molecule has 0 aromatic rings. The largest absolute Gasteiger partial charge is 0.393 e. The van der Waals surface area contributed by atoms with Crippen LogP contribution in [0.3, 0.4) is 0 Å². The molecule has 0 amide bonds. The van der Waals surface area contributed by atoms with Gasteiger partial charge in [0.15, 0.2) is 0 Å². The first-order valence-corrected chi connectivity index (χ1v) is 13.1. The predicted molar refractivity (Wildman–Crippen MR) is 119 cm³/mol. The Labute approximate surface area is 179 Å². The van der Waals surface area contributed by atoms with Crippen LogP contribution in [0.25, 0.3) is 0 Å². The van der Waals surface area contributed by atoms with Crippen molar-refractivity contribution in [1.29, 1.82) is 0 Å². The lowest BCUT2D eigenvalue weighted by Gasteiger charge is -2.59. The quantitative estimate of drug-likeness (QED) is 0.525. The molecule has 0 aromatic carbocycles. The molecule has 4 aliphatic carbocycles. The third-order valence-corrected chi connectivity index (χ3v) is 11.3. The Bertz CT molecular complexity index is 630. The van der Waals surface area contributed by atoms with E-state index in [4.69, 9.17) is 4.74 Å². The number of hydrogen-bond donors (Lipinski definition) is 1. The summed E-state index contributed by atoms with van der Waals surface area (Å²) in [6, 6.07) is 0. The number of fused-ring (bicyclic) bond motifs is 4. The smallest absolute Gasteiger partial charge is 0.103 e. The van der Waals surface area contributed by atoms with Crippen LogP contribution in [0.1, 0.15) is 105 Å². The molecule has 2 unspecified atom stereocenters. The number of aliphatic hydroxyl groups excluding tert-OH is 1. The molecule has 1 spiro atoms. The molecule has 4 saturated carbocycles. The van der Waals surface area contributed by atoms with Crippen LogP contribution in [-0.4, -0.2) is 22.9 Å². The lowest BCUT2D eigenvalue weighted by molar-refractivity contribution is -0.116. The topological polar surface area (TPSA) is 32.8 Å². The Hall–Kier alpha value is -0.0800. The normalized spacial score (nSPS) is 54.3. The summed E-state index contributed by atoms with van der Waals surface area (Å²) >= 11 is 0. The first kappa shape index (κ1) is 20.8. The van der Waals surface area contributed by atoms with E-state index in [-0.39, 0.29) is 11.7 Å². The maximum Gasteiger partial charge on any atom is 0.103 e. The highest BCUT2D eigenvalue weighted by Crippen LogP contribution is 2.74. The van der Waals surface area contributed by atoms with E-state index in [0.29, 0.717) is 16.9 Å². The maximum atomic E-state index is 10.4. The van der Waals surface area contributed by atoms with Crippen molar-refractivity contribution in [1.82, 2.24) is 0 Å². The molecule has 10 atom stereocenters. The number of aliphatic hydroxyl groups is 1. The van der Waals surface area contributed by atoms with Crippen molar-refractivity contribution >= 4 is 0 Å². The van der Waals surface area contributed by atoms with Crippen LogP contribution in [-0.2, 0) is 4.74 Å². The van der Waals surface area contributed by atoms with Gasteiger partial charge in [-0.3, -0.25) is 0 Å². The second-order valence-corrected chi connectivity index (χ2v) is 13.0. The van der Waals surface area contributed by atoms with E-state index in [9.17, 15) is 5.11 Å². The Morgan fingerprint density at radius 3 is 2.52 bits per heavy atom. The predicted octanol–water partition coefficient (Wildman–Crippen LogP) is 6.60. The van der Waals surface area contributed by atoms with E-state index >= 15 is 0 Å². The Kier molecular flexibility index (Phi) is 4.99. The van der Waals surface area contributed by atoms with Gasteiger partial charge >= 0.3 is 0 Å². The summed E-state index contributed by atoms with van der Waals surface area (Å²) < 4.78 is 6.51. The van der Waals surface area contributed by atoms with Gasteiger partial charge in [0.1, 0.15) is 5.60 Å². The average molecular weight is 403 g/mol. The monoisotopic (exact) mass is 402 g/mol. The molecule has 2 heteroatoms. The third kappa shape index (κ3) is 2.94. The van der Waals surface area contributed by atoms with Gasteiger partial charge in [-0.05, 0) is 85.9 Å². The summed E-state index contributed by atoms with van der Waals surface area (Å²) in [5, 5.41) is 10.4. The zero-order valence-corrected chi connectivity index (χ0v) is 19.8. The molecule has 0 bridgehead atoms. The number of rotatable bonds is 5. The second kappa shape index (κ2) is 6.96. The van der Waals surface area contributed by atoms with Crippen LogP contribution in [0.4, 0.5) is 0 Å². The molecule has 0 aromatic heterocycles.